The summed E-state index contributed by atoms with van der Waals surface area (Å²) >= 11 is 0. The van der Waals surface area contributed by atoms with Crippen LogP contribution in [0.5, 0.6) is 11.5 Å². The highest BCUT2D eigenvalue weighted by Crippen LogP contribution is 2.33. The van der Waals surface area contributed by atoms with E-state index in [9.17, 15) is 4.79 Å². The summed E-state index contributed by atoms with van der Waals surface area (Å²) in [7, 11) is 0. The minimum absolute atomic E-state index is 0.305. The van der Waals surface area contributed by atoms with Gasteiger partial charge in [-0.3, -0.25) is 5.10 Å². The van der Waals surface area contributed by atoms with Crippen molar-refractivity contribution >= 4 is 11.7 Å². The first kappa shape index (κ1) is 12.3. The number of hydrogen-bond acceptors (Lipinski definition) is 4. The van der Waals surface area contributed by atoms with E-state index in [1.54, 1.807) is 6.20 Å². The predicted octanol–water partition coefficient (Wildman–Crippen LogP) is 1.50. The summed E-state index contributed by atoms with van der Waals surface area (Å²) in [4.78, 5) is 11.7. The van der Waals surface area contributed by atoms with Gasteiger partial charge in [-0.25, -0.2) is 4.79 Å². The Morgan fingerprint density at radius 2 is 2.25 bits per heavy atom. The average Bonchev–Trinajstić information content (AvgIpc) is 2.98. The van der Waals surface area contributed by atoms with Gasteiger partial charge in [-0.2, -0.15) is 5.10 Å². The topological polar surface area (TPSA) is 88.3 Å². The third-order valence-corrected chi connectivity index (χ3v) is 2.84. The Labute approximate surface area is 115 Å². The summed E-state index contributed by atoms with van der Waals surface area (Å²) in [5.41, 5.74) is 1.49. The monoisotopic (exact) mass is 274 g/mol. The number of carbonyl (C=O) groups excluding carboxylic acids is 1. The lowest BCUT2D eigenvalue weighted by Gasteiger charge is -2.21. The fourth-order valence-corrected chi connectivity index (χ4v) is 1.94. The number of urea groups is 1. The van der Waals surface area contributed by atoms with Crippen molar-refractivity contribution < 1.29 is 14.3 Å². The van der Waals surface area contributed by atoms with E-state index in [1.807, 2.05) is 18.2 Å². The highest BCUT2D eigenvalue weighted by Gasteiger charge is 2.15. The predicted molar refractivity (Wildman–Crippen MR) is 71.9 cm³/mol. The van der Waals surface area contributed by atoms with Crippen LogP contribution in [0, 0.1) is 0 Å². The number of amides is 2. The van der Waals surface area contributed by atoms with Crippen LogP contribution in [0.3, 0.4) is 0 Å². The van der Waals surface area contributed by atoms with Gasteiger partial charge >= 0.3 is 6.03 Å². The van der Waals surface area contributed by atoms with Crippen LogP contribution in [-0.2, 0) is 6.54 Å². The summed E-state index contributed by atoms with van der Waals surface area (Å²) in [6.07, 6.45) is 3.13. The van der Waals surface area contributed by atoms with E-state index in [1.165, 1.54) is 6.20 Å². The molecule has 3 rings (SSSR count). The van der Waals surface area contributed by atoms with E-state index >= 15 is 0 Å². The van der Waals surface area contributed by atoms with Crippen molar-refractivity contribution in [3.63, 3.8) is 0 Å². The lowest BCUT2D eigenvalue weighted by molar-refractivity contribution is 0.169. The molecule has 1 aliphatic rings. The molecule has 0 atom stereocenters. The average molecular weight is 274 g/mol. The zero-order valence-corrected chi connectivity index (χ0v) is 10.7. The molecule has 0 radical (unpaired) electrons. The maximum absolute atomic E-state index is 11.7. The van der Waals surface area contributed by atoms with Gasteiger partial charge < -0.3 is 20.1 Å². The van der Waals surface area contributed by atoms with Crippen LogP contribution in [-0.4, -0.2) is 29.4 Å². The number of H-pyrrole nitrogens is 1. The number of aromatic nitrogens is 2. The summed E-state index contributed by atoms with van der Waals surface area (Å²) in [6, 6.07) is 5.31. The van der Waals surface area contributed by atoms with Crippen LogP contribution >= 0.6 is 0 Å². The van der Waals surface area contributed by atoms with Gasteiger partial charge in [-0.15, -0.1) is 0 Å². The fraction of sp³-hybridized carbons (Fsp3) is 0.231. The minimum atomic E-state index is -0.305. The van der Waals surface area contributed by atoms with E-state index in [4.69, 9.17) is 9.47 Å². The van der Waals surface area contributed by atoms with Gasteiger partial charge in [0, 0.05) is 18.3 Å². The van der Waals surface area contributed by atoms with E-state index in [0.717, 1.165) is 5.56 Å². The second-order valence-corrected chi connectivity index (χ2v) is 4.24. The van der Waals surface area contributed by atoms with Crippen LogP contribution in [0.15, 0.2) is 30.6 Å². The van der Waals surface area contributed by atoms with Gasteiger partial charge in [-0.05, 0) is 6.07 Å². The van der Waals surface area contributed by atoms with Crippen molar-refractivity contribution in [2.24, 2.45) is 0 Å². The first-order chi connectivity index (χ1) is 9.83. The Morgan fingerprint density at radius 3 is 3.10 bits per heavy atom. The summed E-state index contributed by atoms with van der Waals surface area (Å²) < 4.78 is 11.1. The number of para-hydroxylation sites is 1. The molecule has 2 aromatic rings. The summed E-state index contributed by atoms with van der Waals surface area (Å²) in [6.45, 7) is 1.42. The third-order valence-electron chi connectivity index (χ3n) is 2.84. The lowest BCUT2D eigenvalue weighted by Crippen LogP contribution is -2.28. The minimum Gasteiger partial charge on any atom is -0.486 e. The van der Waals surface area contributed by atoms with Gasteiger partial charge in [0.15, 0.2) is 11.5 Å². The number of carbonyl (C=O) groups is 1. The molecule has 1 aromatic heterocycles. The van der Waals surface area contributed by atoms with E-state index in [-0.39, 0.29) is 6.03 Å². The molecule has 7 heteroatoms. The molecular formula is C13H14N4O3. The quantitative estimate of drug-likeness (QED) is 0.791. The molecule has 3 N–H and O–H groups in total. The molecule has 0 saturated heterocycles. The standard InChI is InChI=1S/C13H14N4O3/c18-13(17-10-7-15-16-8-10)14-6-9-2-1-3-11-12(9)20-5-4-19-11/h1-3,7-8H,4-6H2,(H,15,16)(H2,14,17,18). The SMILES string of the molecule is O=C(NCc1cccc2c1OCCO2)Nc1cn[nH]c1. The van der Waals surface area contributed by atoms with Crippen molar-refractivity contribution in [2.45, 2.75) is 6.54 Å². The van der Waals surface area contributed by atoms with Gasteiger partial charge in [0.2, 0.25) is 0 Å². The zero-order chi connectivity index (χ0) is 13.8. The maximum Gasteiger partial charge on any atom is 0.319 e. The number of rotatable bonds is 3. The Balaban J connectivity index is 1.62. The maximum atomic E-state index is 11.7. The van der Waals surface area contributed by atoms with Crippen LogP contribution in [0.1, 0.15) is 5.56 Å². The summed E-state index contributed by atoms with van der Waals surface area (Å²) in [5, 5.41) is 11.8. The number of nitrogens with one attached hydrogen (secondary N) is 3. The van der Waals surface area contributed by atoms with E-state index < -0.39 is 0 Å². The molecule has 0 aliphatic carbocycles. The molecule has 0 fully saturated rings. The molecule has 0 unspecified atom stereocenters. The van der Waals surface area contributed by atoms with Gasteiger partial charge in [-0.1, -0.05) is 12.1 Å². The van der Waals surface area contributed by atoms with Crippen molar-refractivity contribution in [2.75, 3.05) is 18.5 Å². The smallest absolute Gasteiger partial charge is 0.319 e. The number of hydrogen-bond donors (Lipinski definition) is 3. The first-order valence-corrected chi connectivity index (χ1v) is 6.24. The van der Waals surface area contributed by atoms with Crippen molar-refractivity contribution in [1.29, 1.82) is 0 Å². The first-order valence-electron chi connectivity index (χ1n) is 6.24. The van der Waals surface area contributed by atoms with Crippen molar-refractivity contribution in [3.05, 3.63) is 36.2 Å². The Kier molecular flexibility index (Phi) is 3.40. The van der Waals surface area contributed by atoms with E-state index in [0.29, 0.717) is 36.9 Å². The molecule has 2 amide bonds. The van der Waals surface area contributed by atoms with Crippen molar-refractivity contribution in [3.8, 4) is 11.5 Å². The fourth-order valence-electron chi connectivity index (χ4n) is 1.94. The number of anilines is 1. The van der Waals surface area contributed by atoms with Crippen LogP contribution in [0.4, 0.5) is 10.5 Å². The Bertz CT molecular complexity index is 598. The van der Waals surface area contributed by atoms with Gasteiger partial charge in [0.1, 0.15) is 13.2 Å². The van der Waals surface area contributed by atoms with Gasteiger partial charge in [0.25, 0.3) is 0 Å². The second-order valence-electron chi connectivity index (χ2n) is 4.24. The van der Waals surface area contributed by atoms with Crippen LogP contribution in [0.2, 0.25) is 0 Å². The zero-order valence-electron chi connectivity index (χ0n) is 10.7. The molecule has 0 spiro atoms. The Hall–Kier alpha value is -2.70. The molecule has 1 aliphatic heterocycles. The van der Waals surface area contributed by atoms with E-state index in [2.05, 4.69) is 20.8 Å². The molecule has 20 heavy (non-hydrogen) atoms. The lowest BCUT2D eigenvalue weighted by atomic mass is 10.1. The third kappa shape index (κ3) is 2.66. The Morgan fingerprint density at radius 1 is 1.35 bits per heavy atom. The number of benzene rings is 1. The number of fused-ring (bicyclic) bond motifs is 1. The highest BCUT2D eigenvalue weighted by molar-refractivity contribution is 5.88. The molecular weight excluding hydrogens is 260 g/mol. The number of ether oxygens (including phenoxy) is 2. The van der Waals surface area contributed by atoms with Crippen LogP contribution < -0.4 is 20.1 Å². The normalized spacial score (nSPS) is 12.8. The molecule has 0 saturated carbocycles. The second kappa shape index (κ2) is 5.52. The highest BCUT2D eigenvalue weighted by atomic mass is 16.6. The molecule has 0 bridgehead atoms. The van der Waals surface area contributed by atoms with Crippen molar-refractivity contribution in [1.82, 2.24) is 15.5 Å². The molecule has 104 valence electrons. The number of nitrogens with zero attached hydrogens (tertiary/aromatic N) is 1. The summed E-state index contributed by atoms with van der Waals surface area (Å²) in [5.74, 6) is 1.41. The van der Waals surface area contributed by atoms with Crippen LogP contribution in [0.25, 0.3) is 0 Å². The largest absolute Gasteiger partial charge is 0.486 e. The molecule has 7 nitrogen and oxygen atoms in total. The molecule has 1 aromatic carbocycles. The number of aromatic amines is 1. The molecule has 2 heterocycles. The van der Waals surface area contributed by atoms with Gasteiger partial charge in [0.05, 0.1) is 11.9 Å².